The predicted octanol–water partition coefficient (Wildman–Crippen LogP) is 1.04. The zero-order valence-corrected chi connectivity index (χ0v) is 10.5. The second-order valence-electron chi connectivity index (χ2n) is 4.62. The molecule has 0 aliphatic carbocycles. The van der Waals surface area contributed by atoms with Gasteiger partial charge >= 0.3 is 0 Å². The fourth-order valence-corrected chi connectivity index (χ4v) is 2.48. The summed E-state index contributed by atoms with van der Waals surface area (Å²) in [6.45, 7) is 3.62. The Morgan fingerprint density at radius 3 is 2.62 bits per heavy atom. The van der Waals surface area contributed by atoms with Gasteiger partial charge in [-0.05, 0) is 32.9 Å². The highest BCUT2D eigenvalue weighted by Crippen LogP contribution is 2.28. The Bertz CT molecular complexity index is 383. The summed E-state index contributed by atoms with van der Waals surface area (Å²) in [5.41, 5.74) is 1.13. The first kappa shape index (κ1) is 11.9. The van der Waals surface area contributed by atoms with E-state index in [0.717, 1.165) is 37.3 Å². The van der Waals surface area contributed by atoms with Gasteiger partial charge in [-0.15, -0.1) is 0 Å². The first-order chi connectivity index (χ1) is 7.52. The van der Waals surface area contributed by atoms with Crippen molar-refractivity contribution in [3.63, 3.8) is 0 Å². The van der Waals surface area contributed by atoms with Crippen molar-refractivity contribution < 1.29 is 5.11 Å². The van der Waals surface area contributed by atoms with Crippen molar-refractivity contribution in [3.8, 4) is 0 Å². The minimum Gasteiger partial charge on any atom is -0.389 e. The minimum atomic E-state index is -0.630. The number of hydrogen-bond donors (Lipinski definition) is 2. The van der Waals surface area contributed by atoms with Gasteiger partial charge in [-0.2, -0.15) is 5.10 Å². The summed E-state index contributed by atoms with van der Waals surface area (Å²) in [7, 11) is 1.87. The fourth-order valence-electron chi connectivity index (χ4n) is 2.25. The van der Waals surface area contributed by atoms with Crippen molar-refractivity contribution in [1.29, 1.82) is 0 Å². The third-order valence-corrected chi connectivity index (χ3v) is 3.78. The van der Waals surface area contributed by atoms with E-state index >= 15 is 0 Å². The van der Waals surface area contributed by atoms with Crippen LogP contribution in [0, 0.1) is 6.92 Å². The second kappa shape index (κ2) is 4.35. The van der Waals surface area contributed by atoms with Gasteiger partial charge in [-0.1, -0.05) is 11.6 Å². The number of aromatic nitrogens is 2. The summed E-state index contributed by atoms with van der Waals surface area (Å²) in [6.07, 6.45) is 2.13. The van der Waals surface area contributed by atoms with Gasteiger partial charge in [0.15, 0.2) is 0 Å². The number of hydrogen-bond acceptors (Lipinski definition) is 3. The van der Waals surface area contributed by atoms with Crippen LogP contribution in [-0.4, -0.2) is 33.6 Å². The van der Waals surface area contributed by atoms with Crippen molar-refractivity contribution in [2.45, 2.75) is 31.8 Å². The van der Waals surface area contributed by atoms with Crippen LogP contribution in [0.4, 0.5) is 0 Å². The molecule has 0 bridgehead atoms. The molecular weight excluding hydrogens is 226 g/mol. The van der Waals surface area contributed by atoms with Crippen LogP contribution < -0.4 is 5.32 Å². The molecule has 1 aromatic rings. The number of piperidine rings is 1. The van der Waals surface area contributed by atoms with Crippen molar-refractivity contribution in [2.75, 3.05) is 13.1 Å². The number of rotatable bonds is 2. The summed E-state index contributed by atoms with van der Waals surface area (Å²) in [4.78, 5) is 0. The van der Waals surface area contributed by atoms with Crippen LogP contribution in [0.1, 0.15) is 24.2 Å². The number of aliphatic hydroxyl groups is 1. The van der Waals surface area contributed by atoms with Crippen molar-refractivity contribution >= 4 is 11.6 Å². The van der Waals surface area contributed by atoms with Crippen molar-refractivity contribution in [3.05, 3.63) is 16.4 Å². The monoisotopic (exact) mass is 243 g/mol. The number of aryl methyl sites for hydroxylation is 2. The molecule has 0 amide bonds. The van der Waals surface area contributed by atoms with Crippen LogP contribution in [0.25, 0.3) is 0 Å². The molecule has 1 aliphatic heterocycles. The van der Waals surface area contributed by atoms with Crippen LogP contribution in [0.15, 0.2) is 0 Å². The van der Waals surface area contributed by atoms with E-state index in [-0.39, 0.29) is 0 Å². The number of nitrogens with one attached hydrogen (secondary N) is 1. The molecule has 1 aromatic heterocycles. The first-order valence-electron chi connectivity index (χ1n) is 5.63. The van der Waals surface area contributed by atoms with Crippen molar-refractivity contribution in [2.24, 2.45) is 7.05 Å². The minimum absolute atomic E-state index is 0.588. The van der Waals surface area contributed by atoms with E-state index in [1.54, 1.807) is 4.68 Å². The molecule has 0 unspecified atom stereocenters. The highest BCUT2D eigenvalue weighted by Gasteiger charge is 2.31. The lowest BCUT2D eigenvalue weighted by Gasteiger charge is -2.32. The Morgan fingerprint density at radius 1 is 1.50 bits per heavy atom. The second-order valence-corrected chi connectivity index (χ2v) is 5.00. The Kier molecular flexibility index (Phi) is 3.24. The van der Waals surface area contributed by atoms with Crippen LogP contribution in [-0.2, 0) is 13.5 Å². The van der Waals surface area contributed by atoms with Gasteiger partial charge in [-0.3, -0.25) is 4.68 Å². The molecule has 1 fully saturated rings. The lowest BCUT2D eigenvalue weighted by Crippen LogP contribution is -2.43. The van der Waals surface area contributed by atoms with Gasteiger partial charge in [0.05, 0.1) is 22.0 Å². The molecule has 4 nitrogen and oxygen atoms in total. The molecular formula is C11H18ClN3O. The van der Waals surface area contributed by atoms with Crippen LogP contribution in [0.5, 0.6) is 0 Å². The molecule has 2 heterocycles. The predicted molar refractivity (Wildman–Crippen MR) is 63.7 cm³/mol. The summed E-state index contributed by atoms with van der Waals surface area (Å²) in [5.74, 6) is 0. The molecule has 1 saturated heterocycles. The molecule has 0 atom stereocenters. The third-order valence-electron chi connectivity index (χ3n) is 3.29. The maximum absolute atomic E-state index is 10.4. The zero-order chi connectivity index (χ0) is 11.8. The Hall–Kier alpha value is -0.580. The van der Waals surface area contributed by atoms with E-state index in [9.17, 15) is 5.11 Å². The summed E-state index contributed by atoms with van der Waals surface area (Å²) < 4.78 is 1.78. The molecule has 2 rings (SSSR count). The van der Waals surface area contributed by atoms with Crippen LogP contribution in [0.3, 0.4) is 0 Å². The molecule has 0 aromatic carbocycles. The summed E-state index contributed by atoms with van der Waals surface area (Å²) in [5, 5.41) is 18.6. The molecule has 5 heteroatoms. The summed E-state index contributed by atoms with van der Waals surface area (Å²) in [6, 6.07) is 0. The average molecular weight is 244 g/mol. The van der Waals surface area contributed by atoms with E-state index in [1.165, 1.54) is 0 Å². The smallest absolute Gasteiger partial charge is 0.0848 e. The molecule has 2 N–H and O–H groups in total. The Labute approximate surface area is 101 Å². The molecule has 0 saturated carbocycles. The molecule has 0 radical (unpaired) electrons. The maximum Gasteiger partial charge on any atom is 0.0848 e. The first-order valence-corrected chi connectivity index (χ1v) is 6.01. The molecule has 90 valence electrons. The van der Waals surface area contributed by atoms with Crippen LogP contribution in [0.2, 0.25) is 5.02 Å². The average Bonchev–Trinajstić information content (AvgIpc) is 2.46. The SMILES string of the molecule is Cc1nn(C)c(CC2(O)CCNCC2)c1Cl. The van der Waals surface area contributed by atoms with Gasteiger partial charge in [-0.25, -0.2) is 0 Å². The van der Waals surface area contributed by atoms with E-state index in [2.05, 4.69) is 10.4 Å². The van der Waals surface area contributed by atoms with E-state index in [0.29, 0.717) is 11.4 Å². The van der Waals surface area contributed by atoms with Gasteiger partial charge < -0.3 is 10.4 Å². The molecule has 0 spiro atoms. The number of nitrogens with zero attached hydrogens (tertiary/aromatic N) is 2. The quantitative estimate of drug-likeness (QED) is 0.816. The Balaban J connectivity index is 2.19. The van der Waals surface area contributed by atoms with E-state index in [4.69, 9.17) is 11.6 Å². The van der Waals surface area contributed by atoms with E-state index < -0.39 is 5.60 Å². The van der Waals surface area contributed by atoms with Crippen LogP contribution >= 0.6 is 11.6 Å². The van der Waals surface area contributed by atoms with E-state index in [1.807, 2.05) is 14.0 Å². The summed E-state index contributed by atoms with van der Waals surface area (Å²) >= 11 is 6.19. The largest absolute Gasteiger partial charge is 0.389 e. The number of halogens is 1. The lowest BCUT2D eigenvalue weighted by atomic mass is 9.88. The molecule has 16 heavy (non-hydrogen) atoms. The maximum atomic E-state index is 10.4. The highest BCUT2D eigenvalue weighted by atomic mass is 35.5. The standard InChI is InChI=1S/C11H18ClN3O/c1-8-10(12)9(15(2)14-8)7-11(16)3-5-13-6-4-11/h13,16H,3-7H2,1-2H3. The lowest BCUT2D eigenvalue weighted by molar-refractivity contribution is 0.00928. The topological polar surface area (TPSA) is 50.1 Å². The van der Waals surface area contributed by atoms with Gasteiger partial charge in [0.1, 0.15) is 0 Å². The van der Waals surface area contributed by atoms with Gasteiger partial charge in [0, 0.05) is 13.5 Å². The van der Waals surface area contributed by atoms with Gasteiger partial charge in [0.2, 0.25) is 0 Å². The third kappa shape index (κ3) is 2.24. The highest BCUT2D eigenvalue weighted by molar-refractivity contribution is 6.31. The normalized spacial score (nSPS) is 20.0. The zero-order valence-electron chi connectivity index (χ0n) is 9.76. The Morgan fingerprint density at radius 2 is 2.12 bits per heavy atom. The van der Waals surface area contributed by atoms with Crippen molar-refractivity contribution in [1.82, 2.24) is 15.1 Å². The molecule has 1 aliphatic rings. The van der Waals surface area contributed by atoms with Gasteiger partial charge in [0.25, 0.3) is 0 Å². The fraction of sp³-hybridized carbons (Fsp3) is 0.727.